The Morgan fingerprint density at radius 3 is 2.72 bits per heavy atom. The lowest BCUT2D eigenvalue weighted by Crippen LogP contribution is -2.24. The van der Waals surface area contributed by atoms with Crippen molar-refractivity contribution in [2.75, 3.05) is 39.5 Å². The number of rotatable bonds is 7. The highest BCUT2D eigenvalue weighted by Gasteiger charge is 2.10. The van der Waals surface area contributed by atoms with Crippen molar-refractivity contribution in [1.82, 2.24) is 4.90 Å². The predicted octanol–water partition coefficient (Wildman–Crippen LogP) is 2.83. The molecule has 0 aromatic heterocycles. The van der Waals surface area contributed by atoms with Gasteiger partial charge in [0.15, 0.2) is 0 Å². The Kier molecular flexibility index (Phi) is 5.78. The molecule has 0 unspecified atom stereocenters. The monoisotopic (exact) mass is 269 g/mol. The van der Waals surface area contributed by atoms with E-state index in [1.54, 1.807) is 0 Å². The molecule has 1 fully saturated rings. The molecule has 18 heavy (non-hydrogen) atoms. The third-order valence-electron chi connectivity index (χ3n) is 3.04. The summed E-state index contributed by atoms with van der Waals surface area (Å²) in [6.45, 7) is 5.47. The van der Waals surface area contributed by atoms with E-state index in [4.69, 9.17) is 21.1 Å². The number of benzene rings is 1. The molecular formula is C14H20ClNO2. The van der Waals surface area contributed by atoms with Crippen molar-refractivity contribution < 1.29 is 9.47 Å². The van der Waals surface area contributed by atoms with Crippen LogP contribution in [0.4, 0.5) is 0 Å². The molecule has 0 saturated carbocycles. The van der Waals surface area contributed by atoms with Crippen LogP contribution in [-0.4, -0.2) is 44.4 Å². The Morgan fingerprint density at radius 2 is 1.94 bits per heavy atom. The fraction of sp³-hybridized carbons (Fsp3) is 0.571. The van der Waals surface area contributed by atoms with Crippen molar-refractivity contribution in [3.05, 3.63) is 29.3 Å². The van der Waals surface area contributed by atoms with Gasteiger partial charge in [0.2, 0.25) is 0 Å². The summed E-state index contributed by atoms with van der Waals surface area (Å²) in [7, 11) is 0. The Labute approximate surface area is 114 Å². The minimum absolute atomic E-state index is 0.570. The normalized spacial score (nSPS) is 16.1. The lowest BCUT2D eigenvalue weighted by molar-refractivity contribution is 0.0846. The van der Waals surface area contributed by atoms with Crippen molar-refractivity contribution in [3.8, 4) is 5.75 Å². The lowest BCUT2D eigenvalue weighted by atomic mass is 10.3. The first kappa shape index (κ1) is 13.7. The maximum Gasteiger partial charge on any atom is 0.120 e. The Bertz CT molecular complexity index is 353. The summed E-state index contributed by atoms with van der Waals surface area (Å²) in [6, 6.07) is 7.43. The van der Waals surface area contributed by atoms with Crippen LogP contribution in [0.15, 0.2) is 24.3 Å². The first-order valence-electron chi connectivity index (χ1n) is 6.53. The van der Waals surface area contributed by atoms with Crippen LogP contribution in [0.25, 0.3) is 0 Å². The molecule has 2 rings (SSSR count). The van der Waals surface area contributed by atoms with Gasteiger partial charge in [-0.2, -0.15) is 0 Å². The minimum atomic E-state index is 0.570. The highest BCUT2D eigenvalue weighted by Crippen LogP contribution is 2.16. The first-order valence-corrected chi connectivity index (χ1v) is 6.91. The standard InChI is InChI=1S/C14H20ClNO2/c15-13-4-3-5-14(12-13)18-11-10-17-9-8-16-6-1-2-7-16/h3-5,12H,1-2,6-11H2. The molecule has 1 heterocycles. The van der Waals surface area contributed by atoms with Gasteiger partial charge in [-0.15, -0.1) is 0 Å². The van der Waals surface area contributed by atoms with Crippen LogP contribution in [0.3, 0.4) is 0 Å². The minimum Gasteiger partial charge on any atom is -0.491 e. The summed E-state index contributed by atoms with van der Waals surface area (Å²) in [4.78, 5) is 2.44. The number of hydrogen-bond donors (Lipinski definition) is 0. The van der Waals surface area contributed by atoms with Gasteiger partial charge in [0, 0.05) is 11.6 Å². The molecule has 0 spiro atoms. The average Bonchev–Trinajstić information content (AvgIpc) is 2.87. The Morgan fingerprint density at radius 1 is 1.11 bits per heavy atom. The molecule has 3 nitrogen and oxygen atoms in total. The van der Waals surface area contributed by atoms with E-state index in [0.29, 0.717) is 18.2 Å². The number of ether oxygens (including phenoxy) is 2. The molecule has 0 atom stereocenters. The molecule has 0 bridgehead atoms. The van der Waals surface area contributed by atoms with Gasteiger partial charge < -0.3 is 14.4 Å². The van der Waals surface area contributed by atoms with E-state index < -0.39 is 0 Å². The predicted molar refractivity (Wildman–Crippen MR) is 73.4 cm³/mol. The third-order valence-corrected chi connectivity index (χ3v) is 3.28. The maximum absolute atomic E-state index is 5.86. The molecule has 1 aromatic carbocycles. The van der Waals surface area contributed by atoms with Gasteiger partial charge in [-0.25, -0.2) is 0 Å². The fourth-order valence-electron chi connectivity index (χ4n) is 2.08. The van der Waals surface area contributed by atoms with E-state index in [-0.39, 0.29) is 0 Å². The zero-order valence-electron chi connectivity index (χ0n) is 10.6. The number of hydrogen-bond acceptors (Lipinski definition) is 3. The van der Waals surface area contributed by atoms with E-state index in [0.717, 1.165) is 18.9 Å². The van der Waals surface area contributed by atoms with Crippen LogP contribution in [0.2, 0.25) is 5.02 Å². The zero-order valence-corrected chi connectivity index (χ0v) is 11.4. The van der Waals surface area contributed by atoms with E-state index in [1.165, 1.54) is 25.9 Å². The third kappa shape index (κ3) is 4.84. The zero-order chi connectivity index (χ0) is 12.6. The quantitative estimate of drug-likeness (QED) is 0.711. The van der Waals surface area contributed by atoms with Crippen LogP contribution in [0.1, 0.15) is 12.8 Å². The van der Waals surface area contributed by atoms with Crippen LogP contribution >= 0.6 is 11.6 Å². The molecule has 0 amide bonds. The van der Waals surface area contributed by atoms with Gasteiger partial charge in [0.05, 0.1) is 13.2 Å². The molecule has 0 N–H and O–H groups in total. The maximum atomic E-state index is 5.86. The van der Waals surface area contributed by atoms with E-state index >= 15 is 0 Å². The van der Waals surface area contributed by atoms with Crippen LogP contribution in [0, 0.1) is 0 Å². The van der Waals surface area contributed by atoms with Crippen molar-refractivity contribution in [2.24, 2.45) is 0 Å². The van der Waals surface area contributed by atoms with Gasteiger partial charge in [0.25, 0.3) is 0 Å². The smallest absolute Gasteiger partial charge is 0.120 e. The largest absolute Gasteiger partial charge is 0.491 e. The molecule has 1 saturated heterocycles. The van der Waals surface area contributed by atoms with Gasteiger partial charge >= 0.3 is 0 Å². The summed E-state index contributed by atoms with van der Waals surface area (Å²) in [5.74, 6) is 0.797. The van der Waals surface area contributed by atoms with E-state index in [1.807, 2.05) is 24.3 Å². The summed E-state index contributed by atoms with van der Waals surface area (Å²) in [6.07, 6.45) is 2.66. The Balaban J connectivity index is 1.50. The van der Waals surface area contributed by atoms with Gasteiger partial charge in [-0.1, -0.05) is 17.7 Å². The summed E-state index contributed by atoms with van der Waals surface area (Å²) in [5, 5.41) is 0.697. The van der Waals surface area contributed by atoms with E-state index in [2.05, 4.69) is 4.90 Å². The van der Waals surface area contributed by atoms with Gasteiger partial charge in [-0.05, 0) is 44.1 Å². The van der Waals surface area contributed by atoms with Crippen LogP contribution in [-0.2, 0) is 4.74 Å². The first-order chi connectivity index (χ1) is 8.84. The highest BCUT2D eigenvalue weighted by atomic mass is 35.5. The molecule has 4 heteroatoms. The molecular weight excluding hydrogens is 250 g/mol. The van der Waals surface area contributed by atoms with Crippen molar-refractivity contribution >= 4 is 11.6 Å². The van der Waals surface area contributed by atoms with Crippen molar-refractivity contribution in [3.63, 3.8) is 0 Å². The van der Waals surface area contributed by atoms with Gasteiger partial charge in [0.1, 0.15) is 12.4 Å². The second-order valence-corrected chi connectivity index (χ2v) is 4.90. The number of halogens is 1. The average molecular weight is 270 g/mol. The fourth-order valence-corrected chi connectivity index (χ4v) is 2.26. The topological polar surface area (TPSA) is 21.7 Å². The summed E-state index contributed by atoms with van der Waals surface area (Å²) >= 11 is 5.86. The number of nitrogens with zero attached hydrogens (tertiary/aromatic N) is 1. The van der Waals surface area contributed by atoms with Crippen LogP contribution in [0.5, 0.6) is 5.75 Å². The van der Waals surface area contributed by atoms with Crippen molar-refractivity contribution in [1.29, 1.82) is 0 Å². The van der Waals surface area contributed by atoms with Crippen LogP contribution < -0.4 is 4.74 Å². The molecule has 1 aliphatic rings. The highest BCUT2D eigenvalue weighted by molar-refractivity contribution is 6.30. The molecule has 0 radical (unpaired) electrons. The number of likely N-dealkylation sites (tertiary alicyclic amines) is 1. The summed E-state index contributed by atoms with van der Waals surface area (Å²) < 4.78 is 11.1. The molecule has 1 aromatic rings. The second kappa shape index (κ2) is 7.62. The van der Waals surface area contributed by atoms with Gasteiger partial charge in [-0.3, -0.25) is 0 Å². The SMILES string of the molecule is Clc1cccc(OCCOCCN2CCCC2)c1. The molecule has 100 valence electrons. The molecule has 0 aliphatic carbocycles. The van der Waals surface area contributed by atoms with Crippen molar-refractivity contribution in [2.45, 2.75) is 12.8 Å². The Hall–Kier alpha value is -0.770. The molecule has 1 aliphatic heterocycles. The second-order valence-electron chi connectivity index (χ2n) is 4.47. The lowest BCUT2D eigenvalue weighted by Gasteiger charge is -2.14. The summed E-state index contributed by atoms with van der Waals surface area (Å²) in [5.41, 5.74) is 0. The van der Waals surface area contributed by atoms with E-state index in [9.17, 15) is 0 Å².